The molecule has 0 aromatic heterocycles. The Morgan fingerprint density at radius 2 is 2.20 bits per heavy atom. The maximum absolute atomic E-state index is 9.51. The van der Waals surface area contributed by atoms with Gasteiger partial charge in [0.2, 0.25) is 0 Å². The topological polar surface area (TPSA) is 46.2 Å². The molecular weight excluding hydrogens is 186 g/mol. The highest BCUT2D eigenvalue weighted by Gasteiger charge is 2.23. The Kier molecular flexibility index (Phi) is 3.39. The van der Waals surface area contributed by atoms with E-state index >= 15 is 0 Å². The third-order valence-corrected chi connectivity index (χ3v) is 3.26. The van der Waals surface area contributed by atoms with Gasteiger partial charge in [0, 0.05) is 0 Å². The second-order valence-electron chi connectivity index (χ2n) is 4.45. The molecule has 15 heavy (non-hydrogen) atoms. The second-order valence-corrected chi connectivity index (χ2v) is 4.45. The predicted octanol–water partition coefficient (Wildman–Crippen LogP) is 1.82. The van der Waals surface area contributed by atoms with Gasteiger partial charge in [-0.15, -0.1) is 0 Å². The summed E-state index contributed by atoms with van der Waals surface area (Å²) in [6, 6.07) is 8.64. The Morgan fingerprint density at radius 3 is 2.87 bits per heavy atom. The van der Waals surface area contributed by atoms with E-state index in [-0.39, 0.29) is 6.10 Å². The number of aliphatic hydroxyl groups excluding tert-OH is 1. The zero-order valence-electron chi connectivity index (χ0n) is 9.02. The Balaban J connectivity index is 2.10. The van der Waals surface area contributed by atoms with Crippen LogP contribution in [0, 0.1) is 0 Å². The lowest BCUT2D eigenvalue weighted by molar-refractivity contribution is 0.181. The van der Waals surface area contributed by atoms with E-state index in [9.17, 15) is 5.11 Å². The van der Waals surface area contributed by atoms with Crippen LogP contribution in [0.3, 0.4) is 0 Å². The molecule has 0 radical (unpaired) electrons. The molecule has 0 saturated heterocycles. The standard InChI is InChI=1S/C13H19NO/c14-7-6-10-2-1-3-11(8-10)12-4-5-13(15)9-12/h1-3,8,12-13,15H,4-7,9,14H2. The van der Waals surface area contributed by atoms with Crippen LogP contribution in [0.1, 0.15) is 36.3 Å². The van der Waals surface area contributed by atoms with E-state index in [1.54, 1.807) is 0 Å². The number of hydrogen-bond acceptors (Lipinski definition) is 2. The molecule has 0 aliphatic heterocycles. The van der Waals surface area contributed by atoms with Crippen LogP contribution < -0.4 is 5.73 Å². The van der Waals surface area contributed by atoms with Gasteiger partial charge < -0.3 is 10.8 Å². The molecule has 2 unspecified atom stereocenters. The van der Waals surface area contributed by atoms with Crippen molar-refractivity contribution >= 4 is 0 Å². The molecule has 1 saturated carbocycles. The molecule has 0 bridgehead atoms. The zero-order chi connectivity index (χ0) is 10.7. The number of rotatable bonds is 3. The molecule has 1 aliphatic rings. The molecule has 2 nitrogen and oxygen atoms in total. The van der Waals surface area contributed by atoms with Crippen LogP contribution in [0.15, 0.2) is 24.3 Å². The van der Waals surface area contributed by atoms with Crippen molar-refractivity contribution in [1.82, 2.24) is 0 Å². The predicted molar refractivity (Wildman–Crippen MR) is 61.8 cm³/mol. The lowest BCUT2D eigenvalue weighted by Crippen LogP contribution is -2.04. The smallest absolute Gasteiger partial charge is 0.0546 e. The van der Waals surface area contributed by atoms with Crippen molar-refractivity contribution in [2.45, 2.75) is 37.7 Å². The zero-order valence-corrected chi connectivity index (χ0v) is 9.02. The van der Waals surface area contributed by atoms with Gasteiger partial charge >= 0.3 is 0 Å². The molecule has 0 spiro atoms. The van der Waals surface area contributed by atoms with Crippen LogP contribution in [0.25, 0.3) is 0 Å². The van der Waals surface area contributed by atoms with E-state index in [2.05, 4.69) is 24.3 Å². The van der Waals surface area contributed by atoms with Crippen LogP contribution in [-0.2, 0) is 6.42 Å². The summed E-state index contributed by atoms with van der Waals surface area (Å²) in [7, 11) is 0. The highest BCUT2D eigenvalue weighted by molar-refractivity contribution is 5.27. The van der Waals surface area contributed by atoms with Gasteiger partial charge in [-0.25, -0.2) is 0 Å². The number of aliphatic hydroxyl groups is 1. The lowest BCUT2D eigenvalue weighted by atomic mass is 9.95. The lowest BCUT2D eigenvalue weighted by Gasteiger charge is -2.11. The highest BCUT2D eigenvalue weighted by atomic mass is 16.3. The minimum Gasteiger partial charge on any atom is -0.393 e. The molecule has 0 heterocycles. The summed E-state index contributed by atoms with van der Waals surface area (Å²) < 4.78 is 0. The molecule has 3 N–H and O–H groups in total. The summed E-state index contributed by atoms with van der Waals surface area (Å²) in [6.45, 7) is 0.705. The van der Waals surface area contributed by atoms with E-state index in [0.717, 1.165) is 25.7 Å². The summed E-state index contributed by atoms with van der Waals surface area (Å²) in [5.74, 6) is 0.553. The summed E-state index contributed by atoms with van der Waals surface area (Å²) in [5, 5.41) is 9.51. The first-order chi connectivity index (χ1) is 7.29. The quantitative estimate of drug-likeness (QED) is 0.790. The first kappa shape index (κ1) is 10.7. The molecule has 82 valence electrons. The van der Waals surface area contributed by atoms with Gasteiger partial charge in [-0.2, -0.15) is 0 Å². The van der Waals surface area contributed by atoms with E-state index in [4.69, 9.17) is 5.73 Å². The monoisotopic (exact) mass is 205 g/mol. The highest BCUT2D eigenvalue weighted by Crippen LogP contribution is 2.34. The summed E-state index contributed by atoms with van der Waals surface area (Å²) in [6.07, 6.45) is 3.85. The summed E-state index contributed by atoms with van der Waals surface area (Å²) in [4.78, 5) is 0. The maximum Gasteiger partial charge on any atom is 0.0546 e. The molecule has 0 amide bonds. The molecule has 2 rings (SSSR count). The maximum atomic E-state index is 9.51. The van der Waals surface area contributed by atoms with Gasteiger partial charge in [0.05, 0.1) is 6.10 Å². The minimum atomic E-state index is -0.0897. The van der Waals surface area contributed by atoms with Crippen LogP contribution in [-0.4, -0.2) is 17.8 Å². The minimum absolute atomic E-state index is 0.0897. The molecule has 1 aliphatic carbocycles. The third kappa shape index (κ3) is 2.58. The fraction of sp³-hybridized carbons (Fsp3) is 0.538. The largest absolute Gasteiger partial charge is 0.393 e. The SMILES string of the molecule is NCCc1cccc(C2CCC(O)C2)c1. The van der Waals surface area contributed by atoms with Crippen molar-refractivity contribution in [3.63, 3.8) is 0 Å². The summed E-state index contributed by atoms with van der Waals surface area (Å²) >= 11 is 0. The van der Waals surface area contributed by atoms with Crippen molar-refractivity contribution in [3.8, 4) is 0 Å². The molecule has 1 fully saturated rings. The van der Waals surface area contributed by atoms with Gasteiger partial charge in [-0.1, -0.05) is 24.3 Å². The van der Waals surface area contributed by atoms with E-state index in [0.29, 0.717) is 12.5 Å². The molecular formula is C13H19NO. The van der Waals surface area contributed by atoms with Crippen LogP contribution in [0.5, 0.6) is 0 Å². The average molecular weight is 205 g/mol. The first-order valence-electron chi connectivity index (χ1n) is 5.76. The van der Waals surface area contributed by atoms with E-state index < -0.39 is 0 Å². The first-order valence-corrected chi connectivity index (χ1v) is 5.76. The molecule has 2 atom stereocenters. The number of benzene rings is 1. The van der Waals surface area contributed by atoms with Crippen molar-refractivity contribution in [3.05, 3.63) is 35.4 Å². The third-order valence-electron chi connectivity index (χ3n) is 3.26. The van der Waals surface area contributed by atoms with Gasteiger partial charge in [-0.3, -0.25) is 0 Å². The molecule has 1 aromatic carbocycles. The van der Waals surface area contributed by atoms with Crippen molar-refractivity contribution in [1.29, 1.82) is 0 Å². The Bertz CT molecular complexity index is 324. The van der Waals surface area contributed by atoms with Crippen LogP contribution in [0.2, 0.25) is 0 Å². The van der Waals surface area contributed by atoms with Crippen molar-refractivity contribution < 1.29 is 5.11 Å². The molecule has 2 heteroatoms. The van der Waals surface area contributed by atoms with Crippen molar-refractivity contribution in [2.75, 3.05) is 6.54 Å². The van der Waals surface area contributed by atoms with Crippen LogP contribution >= 0.6 is 0 Å². The van der Waals surface area contributed by atoms with Gasteiger partial charge in [-0.05, 0) is 49.3 Å². The number of hydrogen-bond donors (Lipinski definition) is 2. The summed E-state index contributed by atoms with van der Waals surface area (Å²) in [5.41, 5.74) is 8.23. The van der Waals surface area contributed by atoms with E-state index in [1.165, 1.54) is 11.1 Å². The Labute approximate surface area is 91.1 Å². The van der Waals surface area contributed by atoms with Crippen LogP contribution in [0.4, 0.5) is 0 Å². The van der Waals surface area contributed by atoms with E-state index in [1.807, 2.05) is 0 Å². The second kappa shape index (κ2) is 4.77. The van der Waals surface area contributed by atoms with Gasteiger partial charge in [0.1, 0.15) is 0 Å². The fourth-order valence-corrected chi connectivity index (χ4v) is 2.43. The normalized spacial score (nSPS) is 25.7. The Morgan fingerprint density at radius 1 is 1.33 bits per heavy atom. The Hall–Kier alpha value is -0.860. The van der Waals surface area contributed by atoms with Gasteiger partial charge in [0.15, 0.2) is 0 Å². The van der Waals surface area contributed by atoms with Gasteiger partial charge in [0.25, 0.3) is 0 Å². The average Bonchev–Trinajstić information content (AvgIpc) is 2.66. The van der Waals surface area contributed by atoms with Crippen molar-refractivity contribution in [2.24, 2.45) is 5.73 Å². The molecule has 1 aromatic rings. The number of nitrogens with two attached hydrogens (primary N) is 1. The fourth-order valence-electron chi connectivity index (χ4n) is 2.43.